The van der Waals surface area contributed by atoms with Gasteiger partial charge in [-0.15, -0.1) is 0 Å². The van der Waals surface area contributed by atoms with Crippen molar-refractivity contribution >= 4 is 34.7 Å². The number of aromatic hydroxyl groups is 1. The first-order valence-corrected chi connectivity index (χ1v) is 6.62. The molecule has 22 heavy (non-hydrogen) atoms. The predicted octanol–water partition coefficient (Wildman–Crippen LogP) is 2.42. The quantitative estimate of drug-likeness (QED) is 0.837. The van der Waals surface area contributed by atoms with Crippen LogP contribution in [0.1, 0.15) is 6.92 Å². The van der Waals surface area contributed by atoms with Gasteiger partial charge in [0.2, 0.25) is 11.7 Å². The van der Waals surface area contributed by atoms with Crippen LogP contribution in [0, 0.1) is 5.41 Å². The first kappa shape index (κ1) is 15.8. The monoisotopic (exact) mass is 320 g/mol. The largest absolute Gasteiger partial charge is 0.508 e. The molecule has 0 heterocycles. The van der Waals surface area contributed by atoms with E-state index in [4.69, 9.17) is 21.7 Å². The van der Waals surface area contributed by atoms with Crippen molar-refractivity contribution in [3.05, 3.63) is 46.8 Å². The van der Waals surface area contributed by atoms with Gasteiger partial charge >= 0.3 is 0 Å². The second kappa shape index (κ2) is 6.03. The standard InChI is InChI=1S/C15H13ClN2O4/c1-8(19)18(12-4-3-9(20)5-10(12)16)13-7-14(21)15(22-2)6-11(13)17/h3-7,17,20H,1-2H3. The number of methoxy groups -OCH3 is 1. The topological polar surface area (TPSA) is 90.7 Å². The maximum absolute atomic E-state index is 12.0. The van der Waals surface area contributed by atoms with Gasteiger partial charge in [-0.25, -0.2) is 0 Å². The molecule has 1 aliphatic rings. The fourth-order valence-electron chi connectivity index (χ4n) is 2.04. The molecule has 0 unspecified atom stereocenters. The summed E-state index contributed by atoms with van der Waals surface area (Å²) in [7, 11) is 1.33. The number of benzene rings is 1. The number of hydrogen-bond donors (Lipinski definition) is 2. The Balaban J connectivity index is 2.52. The van der Waals surface area contributed by atoms with Crippen LogP contribution in [0.15, 0.2) is 41.8 Å². The SMILES string of the molecule is COC1=CC(=N)C(N(C(C)=O)c2ccc(O)cc2Cl)=CC1=O. The Morgan fingerprint density at radius 2 is 2.05 bits per heavy atom. The van der Waals surface area contributed by atoms with Crippen LogP contribution in [-0.2, 0) is 14.3 Å². The molecule has 0 bridgehead atoms. The lowest BCUT2D eigenvalue weighted by Crippen LogP contribution is -2.33. The van der Waals surface area contributed by atoms with Crippen LogP contribution in [0.3, 0.4) is 0 Å². The summed E-state index contributed by atoms with van der Waals surface area (Å²) >= 11 is 6.05. The van der Waals surface area contributed by atoms with Gasteiger partial charge in [-0.1, -0.05) is 11.6 Å². The van der Waals surface area contributed by atoms with Gasteiger partial charge in [0, 0.05) is 25.1 Å². The van der Waals surface area contributed by atoms with Crippen LogP contribution >= 0.6 is 11.6 Å². The van der Waals surface area contributed by atoms with Crippen molar-refractivity contribution in [3.8, 4) is 5.75 Å². The Kier molecular flexibility index (Phi) is 4.32. The van der Waals surface area contributed by atoms with E-state index in [2.05, 4.69) is 0 Å². The Hall–Kier alpha value is -2.60. The fraction of sp³-hybridized carbons (Fsp3) is 0.133. The molecule has 0 radical (unpaired) electrons. The number of carbonyl (C=O) groups excluding carboxylic acids is 2. The van der Waals surface area contributed by atoms with Crippen LogP contribution in [0.25, 0.3) is 0 Å². The summed E-state index contributed by atoms with van der Waals surface area (Å²) < 4.78 is 4.87. The number of amides is 1. The number of phenols is 1. The third-order valence-electron chi connectivity index (χ3n) is 3.01. The number of halogens is 1. The van der Waals surface area contributed by atoms with Gasteiger partial charge in [0.25, 0.3) is 0 Å². The molecule has 7 heteroatoms. The predicted molar refractivity (Wildman–Crippen MR) is 82.2 cm³/mol. The van der Waals surface area contributed by atoms with Crippen molar-refractivity contribution in [2.45, 2.75) is 6.92 Å². The molecular weight excluding hydrogens is 308 g/mol. The highest BCUT2D eigenvalue weighted by Gasteiger charge is 2.27. The number of nitrogens with zero attached hydrogens (tertiary/aromatic N) is 1. The van der Waals surface area contributed by atoms with Gasteiger partial charge in [0.1, 0.15) is 5.75 Å². The second-order valence-corrected chi connectivity index (χ2v) is 4.92. The fourth-order valence-corrected chi connectivity index (χ4v) is 2.30. The van der Waals surface area contributed by atoms with Crippen LogP contribution in [0.4, 0.5) is 5.69 Å². The molecule has 0 aliphatic heterocycles. The van der Waals surface area contributed by atoms with Gasteiger partial charge in [-0.05, 0) is 12.1 Å². The summed E-state index contributed by atoms with van der Waals surface area (Å²) in [6.07, 6.45) is 2.38. The van der Waals surface area contributed by atoms with Crippen molar-refractivity contribution in [1.29, 1.82) is 5.41 Å². The molecule has 2 rings (SSSR count). The zero-order valence-electron chi connectivity index (χ0n) is 11.9. The molecule has 114 valence electrons. The molecule has 1 amide bonds. The van der Waals surface area contributed by atoms with Crippen LogP contribution in [0.2, 0.25) is 5.02 Å². The third-order valence-corrected chi connectivity index (χ3v) is 3.31. The Labute approximate surface area is 131 Å². The van der Waals surface area contributed by atoms with Crippen molar-refractivity contribution in [3.63, 3.8) is 0 Å². The lowest BCUT2D eigenvalue weighted by molar-refractivity contribution is -0.116. The summed E-state index contributed by atoms with van der Waals surface area (Å²) in [4.78, 5) is 25.0. The van der Waals surface area contributed by atoms with Crippen molar-refractivity contribution < 1.29 is 19.4 Å². The molecular formula is C15H13ClN2O4. The summed E-state index contributed by atoms with van der Waals surface area (Å²) in [5, 5.41) is 17.5. The molecule has 1 aliphatic carbocycles. The van der Waals surface area contributed by atoms with Crippen molar-refractivity contribution in [1.82, 2.24) is 0 Å². The summed E-state index contributed by atoms with van der Waals surface area (Å²) in [6, 6.07) is 4.08. The zero-order chi connectivity index (χ0) is 16.4. The van der Waals surface area contributed by atoms with Gasteiger partial charge in [0.15, 0.2) is 5.76 Å². The van der Waals surface area contributed by atoms with Gasteiger partial charge in [-0.3, -0.25) is 19.9 Å². The minimum absolute atomic E-state index is 0.0223. The van der Waals surface area contributed by atoms with E-state index in [1.807, 2.05) is 0 Å². The molecule has 0 aromatic heterocycles. The number of anilines is 1. The van der Waals surface area contributed by atoms with E-state index in [0.29, 0.717) is 0 Å². The number of ether oxygens (including phenoxy) is 1. The number of allylic oxidation sites excluding steroid dienone is 2. The molecule has 6 nitrogen and oxygen atoms in total. The zero-order valence-corrected chi connectivity index (χ0v) is 12.6. The number of phenolic OH excluding ortho intramolecular Hbond substituents is 1. The van der Waals surface area contributed by atoms with Crippen LogP contribution < -0.4 is 4.90 Å². The van der Waals surface area contributed by atoms with E-state index in [1.54, 1.807) is 0 Å². The molecule has 0 saturated heterocycles. The van der Waals surface area contributed by atoms with Crippen molar-refractivity contribution in [2.75, 3.05) is 12.0 Å². The highest BCUT2D eigenvalue weighted by atomic mass is 35.5. The molecule has 0 spiro atoms. The summed E-state index contributed by atoms with van der Waals surface area (Å²) in [6.45, 7) is 1.29. The van der Waals surface area contributed by atoms with Gasteiger partial charge in [0.05, 0.1) is 29.2 Å². The summed E-state index contributed by atoms with van der Waals surface area (Å²) in [5.74, 6) is -0.906. The number of ketones is 1. The first-order chi connectivity index (χ1) is 10.3. The highest BCUT2D eigenvalue weighted by Crippen LogP contribution is 2.33. The van der Waals surface area contributed by atoms with Gasteiger partial charge < -0.3 is 9.84 Å². The number of rotatable bonds is 3. The first-order valence-electron chi connectivity index (χ1n) is 6.25. The molecule has 2 N–H and O–H groups in total. The van der Waals surface area contributed by atoms with E-state index in [0.717, 1.165) is 11.0 Å². The molecule has 1 aromatic rings. The minimum atomic E-state index is -0.449. The molecule has 0 saturated carbocycles. The molecule has 1 aromatic carbocycles. The Morgan fingerprint density at radius 3 is 2.59 bits per heavy atom. The Bertz CT molecular complexity index is 737. The maximum Gasteiger partial charge on any atom is 0.228 e. The molecule has 0 atom stereocenters. The van der Waals surface area contributed by atoms with E-state index in [1.165, 1.54) is 38.3 Å². The van der Waals surface area contributed by atoms with E-state index >= 15 is 0 Å². The van der Waals surface area contributed by atoms with E-state index < -0.39 is 11.7 Å². The average Bonchev–Trinajstić information content (AvgIpc) is 2.44. The minimum Gasteiger partial charge on any atom is -0.508 e. The second-order valence-electron chi connectivity index (χ2n) is 4.51. The van der Waals surface area contributed by atoms with Gasteiger partial charge in [-0.2, -0.15) is 0 Å². The normalized spacial score (nSPS) is 14.3. The average molecular weight is 321 g/mol. The smallest absolute Gasteiger partial charge is 0.228 e. The number of hydrogen-bond acceptors (Lipinski definition) is 5. The van der Waals surface area contributed by atoms with E-state index in [-0.39, 0.29) is 33.6 Å². The highest BCUT2D eigenvalue weighted by molar-refractivity contribution is 6.35. The van der Waals surface area contributed by atoms with Crippen LogP contribution in [-0.4, -0.2) is 29.6 Å². The van der Waals surface area contributed by atoms with E-state index in [9.17, 15) is 14.7 Å². The summed E-state index contributed by atoms with van der Waals surface area (Å²) in [5.41, 5.74) is 0.298. The Morgan fingerprint density at radius 1 is 1.36 bits per heavy atom. The lowest BCUT2D eigenvalue weighted by Gasteiger charge is -2.26. The maximum atomic E-state index is 12.0. The number of carbonyl (C=O) groups is 2. The molecule has 0 fully saturated rings. The lowest BCUT2D eigenvalue weighted by atomic mass is 10.0. The van der Waals surface area contributed by atoms with Crippen molar-refractivity contribution in [2.24, 2.45) is 0 Å². The van der Waals surface area contributed by atoms with Crippen LogP contribution in [0.5, 0.6) is 5.75 Å². The third kappa shape index (κ3) is 2.87. The number of nitrogens with one attached hydrogen (secondary N) is 1.